The summed E-state index contributed by atoms with van der Waals surface area (Å²) in [6.45, 7) is 12.8. The molecule has 3 rings (SSSR count). The molecular weight excluding hydrogens is 440 g/mol. The molecule has 3 aromatic rings. The van der Waals surface area contributed by atoms with E-state index in [0.717, 1.165) is 17.1 Å². The highest BCUT2D eigenvalue weighted by atomic mass is 35.5. The van der Waals surface area contributed by atoms with Gasteiger partial charge in [0.1, 0.15) is 0 Å². The van der Waals surface area contributed by atoms with Gasteiger partial charge in [0.05, 0.1) is 5.75 Å². The summed E-state index contributed by atoms with van der Waals surface area (Å²) in [5.74, 6) is 1.36. The van der Waals surface area contributed by atoms with Gasteiger partial charge in [-0.25, -0.2) is 0 Å². The first-order valence-electron chi connectivity index (χ1n) is 10.8. The molecule has 0 aliphatic carbocycles. The molecule has 1 aromatic heterocycles. The van der Waals surface area contributed by atoms with Crippen molar-refractivity contribution in [1.82, 2.24) is 20.1 Å². The minimum atomic E-state index is -0.0158. The van der Waals surface area contributed by atoms with Crippen LogP contribution in [-0.2, 0) is 10.2 Å². The Kier molecular flexibility index (Phi) is 7.67. The third kappa shape index (κ3) is 5.93. The van der Waals surface area contributed by atoms with E-state index < -0.39 is 0 Å². The maximum atomic E-state index is 12.4. The summed E-state index contributed by atoms with van der Waals surface area (Å²) in [5.41, 5.74) is 3.19. The van der Waals surface area contributed by atoms with Crippen molar-refractivity contribution in [3.63, 3.8) is 0 Å². The van der Waals surface area contributed by atoms with E-state index in [4.69, 9.17) is 11.6 Å². The number of rotatable bonds is 7. The van der Waals surface area contributed by atoms with Crippen molar-refractivity contribution < 1.29 is 4.79 Å². The predicted molar refractivity (Wildman–Crippen MR) is 134 cm³/mol. The molecule has 0 fully saturated rings. The van der Waals surface area contributed by atoms with E-state index in [1.807, 2.05) is 35.8 Å². The lowest BCUT2D eigenvalue weighted by atomic mass is 9.87. The van der Waals surface area contributed by atoms with Crippen LogP contribution in [0.15, 0.2) is 53.7 Å². The molecule has 0 saturated heterocycles. The standard InChI is InChI=1S/C25H31ClN4OS/c1-16(2)17(3)27-22(31)15-32-24-29-28-23(30(24)21-13-11-20(26)12-14-21)18-7-9-19(10-8-18)25(4,5)6/h7-14,16-17H,15H2,1-6H3,(H,27,31)/t17-/m1/s1. The van der Waals surface area contributed by atoms with Gasteiger partial charge in [-0.2, -0.15) is 0 Å². The van der Waals surface area contributed by atoms with Crippen LogP contribution in [-0.4, -0.2) is 32.5 Å². The summed E-state index contributed by atoms with van der Waals surface area (Å²) in [6.07, 6.45) is 0. The molecule has 1 atom stereocenters. The summed E-state index contributed by atoms with van der Waals surface area (Å²) in [6, 6.07) is 16.1. The average Bonchev–Trinajstić information content (AvgIpc) is 3.16. The molecule has 5 nitrogen and oxygen atoms in total. The van der Waals surface area contributed by atoms with Crippen LogP contribution in [0, 0.1) is 5.92 Å². The maximum absolute atomic E-state index is 12.4. The molecule has 32 heavy (non-hydrogen) atoms. The van der Waals surface area contributed by atoms with Crippen molar-refractivity contribution >= 4 is 29.3 Å². The molecule has 0 spiro atoms. The molecule has 0 aliphatic rings. The van der Waals surface area contributed by atoms with Gasteiger partial charge >= 0.3 is 0 Å². The van der Waals surface area contributed by atoms with Crippen LogP contribution in [0.3, 0.4) is 0 Å². The Hall–Kier alpha value is -2.31. The number of thioether (sulfide) groups is 1. The van der Waals surface area contributed by atoms with Crippen molar-refractivity contribution in [1.29, 1.82) is 0 Å². The summed E-state index contributed by atoms with van der Waals surface area (Å²) < 4.78 is 1.98. The zero-order valence-corrected chi connectivity index (χ0v) is 21.1. The highest BCUT2D eigenvalue weighted by Crippen LogP contribution is 2.30. The fraction of sp³-hybridized carbons (Fsp3) is 0.400. The average molecular weight is 471 g/mol. The molecule has 7 heteroatoms. The first-order chi connectivity index (χ1) is 15.1. The van der Waals surface area contributed by atoms with Crippen LogP contribution >= 0.6 is 23.4 Å². The quantitative estimate of drug-likeness (QED) is 0.421. The van der Waals surface area contributed by atoms with Crippen molar-refractivity contribution in [2.24, 2.45) is 5.92 Å². The lowest BCUT2D eigenvalue weighted by molar-refractivity contribution is -0.119. The van der Waals surface area contributed by atoms with Gasteiger partial charge in [-0.3, -0.25) is 9.36 Å². The lowest BCUT2D eigenvalue weighted by Crippen LogP contribution is -2.37. The van der Waals surface area contributed by atoms with Gasteiger partial charge in [-0.1, -0.05) is 82.2 Å². The number of aromatic nitrogens is 3. The first kappa shape index (κ1) is 24.3. The largest absolute Gasteiger partial charge is 0.353 e. The monoisotopic (exact) mass is 470 g/mol. The number of carbonyl (C=O) groups is 1. The van der Waals surface area contributed by atoms with Crippen LogP contribution < -0.4 is 5.32 Å². The van der Waals surface area contributed by atoms with Crippen LogP contribution in [0.5, 0.6) is 0 Å². The van der Waals surface area contributed by atoms with Crippen molar-refractivity contribution in [2.75, 3.05) is 5.75 Å². The summed E-state index contributed by atoms with van der Waals surface area (Å²) in [4.78, 5) is 12.4. The summed E-state index contributed by atoms with van der Waals surface area (Å²) in [5, 5.41) is 13.2. The number of nitrogens with one attached hydrogen (secondary N) is 1. The fourth-order valence-corrected chi connectivity index (χ4v) is 3.97. The van der Waals surface area contributed by atoms with Crippen LogP contribution in [0.4, 0.5) is 0 Å². The molecule has 170 valence electrons. The Morgan fingerprint density at radius 1 is 1.03 bits per heavy atom. The zero-order chi connectivity index (χ0) is 23.5. The smallest absolute Gasteiger partial charge is 0.230 e. The van der Waals surface area contributed by atoms with Crippen molar-refractivity contribution in [3.05, 3.63) is 59.1 Å². The van der Waals surface area contributed by atoms with E-state index in [2.05, 4.69) is 74.4 Å². The Balaban J connectivity index is 1.92. The first-order valence-corrected chi connectivity index (χ1v) is 12.2. The van der Waals surface area contributed by atoms with Gasteiger partial charge in [0, 0.05) is 22.3 Å². The zero-order valence-electron chi connectivity index (χ0n) is 19.5. The number of hydrogen-bond acceptors (Lipinski definition) is 4. The third-order valence-corrected chi connectivity index (χ3v) is 6.63. The Morgan fingerprint density at radius 2 is 1.66 bits per heavy atom. The molecule has 0 radical (unpaired) electrons. The molecule has 0 aliphatic heterocycles. The van der Waals surface area contributed by atoms with E-state index in [1.54, 1.807) is 0 Å². The van der Waals surface area contributed by atoms with E-state index >= 15 is 0 Å². The predicted octanol–water partition coefficient (Wildman–Crippen LogP) is 6.14. The van der Waals surface area contributed by atoms with Crippen LogP contribution in [0.25, 0.3) is 17.1 Å². The lowest BCUT2D eigenvalue weighted by Gasteiger charge is -2.19. The number of hydrogen-bond donors (Lipinski definition) is 1. The summed E-state index contributed by atoms with van der Waals surface area (Å²) >= 11 is 7.48. The number of halogens is 1. The normalized spacial score (nSPS) is 12.8. The SMILES string of the molecule is CC(C)[C@@H](C)NC(=O)CSc1nnc(-c2ccc(C(C)(C)C)cc2)n1-c1ccc(Cl)cc1. The molecule has 0 saturated carbocycles. The minimum Gasteiger partial charge on any atom is -0.353 e. The highest BCUT2D eigenvalue weighted by molar-refractivity contribution is 7.99. The van der Waals surface area contributed by atoms with Crippen molar-refractivity contribution in [2.45, 2.75) is 58.2 Å². The Labute approximate surface area is 200 Å². The van der Waals surface area contributed by atoms with Crippen LogP contribution in [0.2, 0.25) is 5.02 Å². The third-order valence-electron chi connectivity index (χ3n) is 5.45. The highest BCUT2D eigenvalue weighted by Gasteiger charge is 2.19. The molecule has 0 bridgehead atoms. The second-order valence-electron chi connectivity index (χ2n) is 9.33. The van der Waals surface area contributed by atoms with E-state index in [0.29, 0.717) is 16.1 Å². The second-order valence-corrected chi connectivity index (χ2v) is 10.7. The van der Waals surface area contributed by atoms with Gasteiger partial charge in [-0.15, -0.1) is 10.2 Å². The molecule has 1 heterocycles. The van der Waals surface area contributed by atoms with Crippen molar-refractivity contribution in [3.8, 4) is 17.1 Å². The second kappa shape index (κ2) is 10.1. The molecule has 1 amide bonds. The van der Waals surface area contributed by atoms with Gasteiger partial charge in [0.25, 0.3) is 0 Å². The van der Waals surface area contributed by atoms with E-state index in [1.165, 1.54) is 17.3 Å². The summed E-state index contributed by atoms with van der Waals surface area (Å²) in [7, 11) is 0. The Bertz CT molecular complexity index is 1050. The maximum Gasteiger partial charge on any atom is 0.230 e. The van der Waals surface area contributed by atoms with Gasteiger partial charge in [0.2, 0.25) is 5.91 Å². The molecule has 2 aromatic carbocycles. The van der Waals surface area contributed by atoms with E-state index in [9.17, 15) is 4.79 Å². The molecule has 1 N–H and O–H groups in total. The van der Waals surface area contributed by atoms with Gasteiger partial charge in [-0.05, 0) is 48.1 Å². The Morgan fingerprint density at radius 3 is 2.22 bits per heavy atom. The number of amides is 1. The van der Waals surface area contributed by atoms with E-state index in [-0.39, 0.29) is 23.1 Å². The number of nitrogens with zero attached hydrogens (tertiary/aromatic N) is 3. The van der Waals surface area contributed by atoms with Gasteiger partial charge < -0.3 is 5.32 Å². The number of carbonyl (C=O) groups excluding carboxylic acids is 1. The number of benzene rings is 2. The topological polar surface area (TPSA) is 59.8 Å². The molecule has 0 unspecified atom stereocenters. The molecular formula is C25H31ClN4OS. The van der Waals surface area contributed by atoms with Gasteiger partial charge in [0.15, 0.2) is 11.0 Å². The fourth-order valence-electron chi connectivity index (χ4n) is 3.08. The minimum absolute atomic E-state index is 0.0158. The van der Waals surface area contributed by atoms with Crippen LogP contribution in [0.1, 0.15) is 47.1 Å².